The van der Waals surface area contributed by atoms with E-state index in [0.717, 1.165) is 11.1 Å². The molecule has 0 aliphatic heterocycles. The van der Waals surface area contributed by atoms with Gasteiger partial charge >= 0.3 is 5.97 Å². The molecule has 1 aromatic carbocycles. The zero-order valence-electron chi connectivity index (χ0n) is 11.6. The number of aryl methyl sites for hydroxylation is 1. The predicted molar refractivity (Wildman–Crippen MR) is 70.8 cm³/mol. The first-order valence-electron chi connectivity index (χ1n) is 6.06. The minimum atomic E-state index is -0.787. The fraction of sp³-hybridized carbons (Fsp3) is 0.500. The molecule has 0 atom stereocenters. The second-order valence-corrected chi connectivity index (χ2v) is 4.16. The molecule has 0 aliphatic rings. The summed E-state index contributed by atoms with van der Waals surface area (Å²) in [7, 11) is 4.80. The van der Waals surface area contributed by atoms with Gasteiger partial charge in [-0.1, -0.05) is 0 Å². The van der Waals surface area contributed by atoms with Gasteiger partial charge in [0.1, 0.15) is 11.5 Å². The van der Waals surface area contributed by atoms with Gasteiger partial charge in [-0.3, -0.25) is 4.79 Å². The topological polar surface area (TPSA) is 65.0 Å². The molecule has 0 aromatic heterocycles. The number of methoxy groups -OCH3 is 3. The summed E-state index contributed by atoms with van der Waals surface area (Å²) in [5.74, 6) is 0.632. The molecule has 5 heteroatoms. The summed E-state index contributed by atoms with van der Waals surface area (Å²) in [6.45, 7) is 0.444. The Morgan fingerprint density at radius 1 is 1.11 bits per heavy atom. The van der Waals surface area contributed by atoms with Gasteiger partial charge < -0.3 is 19.3 Å². The molecule has 5 nitrogen and oxygen atoms in total. The van der Waals surface area contributed by atoms with Crippen molar-refractivity contribution in [3.63, 3.8) is 0 Å². The third kappa shape index (κ3) is 4.44. The van der Waals surface area contributed by atoms with Gasteiger partial charge in [-0.05, 0) is 24.5 Å². The van der Waals surface area contributed by atoms with Gasteiger partial charge in [0, 0.05) is 25.2 Å². The third-order valence-electron chi connectivity index (χ3n) is 2.82. The number of rotatable bonds is 8. The van der Waals surface area contributed by atoms with Gasteiger partial charge in [-0.2, -0.15) is 0 Å². The molecule has 0 aliphatic carbocycles. The molecule has 0 unspecified atom stereocenters. The van der Waals surface area contributed by atoms with Crippen LogP contribution in [0.2, 0.25) is 0 Å². The SMILES string of the molecule is COCc1cc(CCCC(=O)O)c(OC)cc1OC. The monoisotopic (exact) mass is 268 g/mol. The number of carboxylic acid groups (broad SMARTS) is 1. The summed E-state index contributed by atoms with van der Waals surface area (Å²) < 4.78 is 15.7. The van der Waals surface area contributed by atoms with Crippen molar-refractivity contribution in [2.75, 3.05) is 21.3 Å². The number of hydrogen-bond donors (Lipinski definition) is 1. The molecule has 1 aromatic rings. The Balaban J connectivity index is 2.93. The fourth-order valence-corrected chi connectivity index (χ4v) is 1.93. The van der Waals surface area contributed by atoms with Gasteiger partial charge in [0.2, 0.25) is 0 Å². The lowest BCUT2D eigenvalue weighted by atomic mass is 10.0. The molecular weight excluding hydrogens is 248 g/mol. The third-order valence-corrected chi connectivity index (χ3v) is 2.82. The first kappa shape index (κ1) is 15.3. The van der Waals surface area contributed by atoms with Gasteiger partial charge in [0.15, 0.2) is 0 Å². The molecule has 0 spiro atoms. The summed E-state index contributed by atoms with van der Waals surface area (Å²) in [5, 5.41) is 8.67. The second-order valence-electron chi connectivity index (χ2n) is 4.16. The smallest absolute Gasteiger partial charge is 0.303 e. The van der Waals surface area contributed by atoms with Crippen molar-refractivity contribution in [2.45, 2.75) is 25.9 Å². The molecule has 19 heavy (non-hydrogen) atoms. The van der Waals surface area contributed by atoms with Crippen LogP contribution in [-0.2, 0) is 22.6 Å². The van der Waals surface area contributed by atoms with Gasteiger partial charge in [0.25, 0.3) is 0 Å². The van der Waals surface area contributed by atoms with Crippen molar-refractivity contribution in [3.8, 4) is 11.5 Å². The summed E-state index contributed by atoms with van der Waals surface area (Å²) in [5.41, 5.74) is 1.90. The summed E-state index contributed by atoms with van der Waals surface area (Å²) >= 11 is 0. The second kappa shape index (κ2) is 7.63. The molecule has 0 fully saturated rings. The van der Waals surface area contributed by atoms with Crippen molar-refractivity contribution in [1.82, 2.24) is 0 Å². The van der Waals surface area contributed by atoms with E-state index in [1.165, 1.54) is 0 Å². The minimum absolute atomic E-state index is 0.148. The average molecular weight is 268 g/mol. The molecule has 106 valence electrons. The van der Waals surface area contributed by atoms with Crippen LogP contribution in [0.5, 0.6) is 11.5 Å². The average Bonchev–Trinajstić information content (AvgIpc) is 2.39. The maximum absolute atomic E-state index is 10.5. The molecule has 0 heterocycles. The van der Waals surface area contributed by atoms with Crippen LogP contribution in [0.25, 0.3) is 0 Å². The van der Waals surface area contributed by atoms with Crippen LogP contribution in [0.15, 0.2) is 12.1 Å². The Morgan fingerprint density at radius 3 is 2.26 bits per heavy atom. The van der Waals surface area contributed by atoms with Crippen LogP contribution >= 0.6 is 0 Å². The molecular formula is C14H20O5. The largest absolute Gasteiger partial charge is 0.496 e. The fourth-order valence-electron chi connectivity index (χ4n) is 1.93. The first-order chi connectivity index (χ1) is 9.12. The van der Waals surface area contributed by atoms with Crippen LogP contribution in [0.3, 0.4) is 0 Å². The molecule has 0 bridgehead atoms. The Morgan fingerprint density at radius 2 is 1.74 bits per heavy atom. The normalized spacial score (nSPS) is 10.3. The number of hydrogen-bond acceptors (Lipinski definition) is 4. The van der Waals surface area contributed by atoms with E-state index in [-0.39, 0.29) is 6.42 Å². The number of carboxylic acids is 1. The van der Waals surface area contributed by atoms with Crippen LogP contribution in [-0.4, -0.2) is 32.4 Å². The first-order valence-corrected chi connectivity index (χ1v) is 6.06. The van der Waals surface area contributed by atoms with Crippen molar-refractivity contribution in [3.05, 3.63) is 23.3 Å². The highest BCUT2D eigenvalue weighted by molar-refractivity contribution is 5.66. The van der Waals surface area contributed by atoms with Crippen molar-refractivity contribution in [1.29, 1.82) is 0 Å². The van der Waals surface area contributed by atoms with Gasteiger partial charge in [0.05, 0.1) is 20.8 Å². The van der Waals surface area contributed by atoms with E-state index in [2.05, 4.69) is 0 Å². The van der Waals surface area contributed by atoms with Crippen LogP contribution < -0.4 is 9.47 Å². The Hall–Kier alpha value is -1.75. The molecule has 0 radical (unpaired) electrons. The quantitative estimate of drug-likeness (QED) is 0.783. The zero-order chi connectivity index (χ0) is 14.3. The molecule has 0 amide bonds. The Labute approximate surface area is 113 Å². The summed E-state index contributed by atoms with van der Waals surface area (Å²) in [4.78, 5) is 10.5. The number of benzene rings is 1. The highest BCUT2D eigenvalue weighted by Gasteiger charge is 2.11. The van der Waals surface area contributed by atoms with E-state index in [0.29, 0.717) is 30.9 Å². The number of ether oxygens (including phenoxy) is 3. The summed E-state index contributed by atoms with van der Waals surface area (Å²) in [6, 6.07) is 3.76. The highest BCUT2D eigenvalue weighted by atomic mass is 16.5. The van der Waals surface area contributed by atoms with Crippen molar-refractivity contribution >= 4 is 5.97 Å². The maximum Gasteiger partial charge on any atom is 0.303 e. The van der Waals surface area contributed by atoms with Crippen molar-refractivity contribution < 1.29 is 24.1 Å². The zero-order valence-corrected chi connectivity index (χ0v) is 11.6. The van der Waals surface area contributed by atoms with E-state index >= 15 is 0 Å². The highest BCUT2D eigenvalue weighted by Crippen LogP contribution is 2.30. The lowest BCUT2D eigenvalue weighted by molar-refractivity contribution is -0.137. The standard InChI is InChI=1S/C14H20O5/c1-17-9-11-7-10(5-4-6-14(15)16)12(18-2)8-13(11)19-3/h7-8H,4-6,9H2,1-3H3,(H,15,16). The molecule has 1 rings (SSSR count). The molecule has 1 N–H and O–H groups in total. The Kier molecular flexibility index (Phi) is 6.15. The van der Waals surface area contributed by atoms with Crippen LogP contribution in [0.1, 0.15) is 24.0 Å². The van der Waals surface area contributed by atoms with Gasteiger partial charge in [-0.25, -0.2) is 0 Å². The lowest BCUT2D eigenvalue weighted by Gasteiger charge is -2.14. The Bertz CT molecular complexity index is 428. The van der Waals surface area contributed by atoms with Gasteiger partial charge in [-0.15, -0.1) is 0 Å². The lowest BCUT2D eigenvalue weighted by Crippen LogP contribution is -2.01. The molecule has 0 saturated heterocycles. The number of aliphatic carboxylic acids is 1. The van der Waals surface area contributed by atoms with Crippen LogP contribution in [0, 0.1) is 0 Å². The summed E-state index contributed by atoms with van der Waals surface area (Å²) in [6.07, 6.45) is 1.37. The van der Waals surface area contributed by atoms with E-state index in [4.69, 9.17) is 19.3 Å². The van der Waals surface area contributed by atoms with E-state index in [9.17, 15) is 4.79 Å². The predicted octanol–water partition coefficient (Wildman–Crippen LogP) is 2.26. The van der Waals surface area contributed by atoms with Crippen molar-refractivity contribution in [2.24, 2.45) is 0 Å². The number of carbonyl (C=O) groups is 1. The minimum Gasteiger partial charge on any atom is -0.496 e. The van der Waals surface area contributed by atoms with E-state index in [1.807, 2.05) is 12.1 Å². The molecule has 0 saturated carbocycles. The van der Waals surface area contributed by atoms with Crippen LogP contribution in [0.4, 0.5) is 0 Å². The van der Waals surface area contributed by atoms with E-state index < -0.39 is 5.97 Å². The maximum atomic E-state index is 10.5. The van der Waals surface area contributed by atoms with E-state index in [1.54, 1.807) is 21.3 Å².